The molecule has 0 unspecified atom stereocenters. The fourth-order valence-corrected chi connectivity index (χ4v) is 1.72. The van der Waals surface area contributed by atoms with Crippen LogP contribution in [0.2, 0.25) is 0 Å². The van der Waals surface area contributed by atoms with Gasteiger partial charge in [0.2, 0.25) is 0 Å². The molecule has 1 aromatic carbocycles. The van der Waals surface area contributed by atoms with Crippen molar-refractivity contribution in [3.63, 3.8) is 0 Å². The molecule has 2 aromatic rings. The third-order valence-electron chi connectivity index (χ3n) is 2.58. The summed E-state index contributed by atoms with van der Waals surface area (Å²) in [6.45, 7) is 2.08. The molecule has 2 nitrogen and oxygen atoms in total. The third-order valence-corrected chi connectivity index (χ3v) is 2.58. The highest BCUT2D eigenvalue weighted by Gasteiger charge is 2.05. The number of hydrogen-bond acceptors (Lipinski definition) is 1. The second kappa shape index (κ2) is 3.62. The van der Waals surface area contributed by atoms with Crippen molar-refractivity contribution in [2.75, 3.05) is 0 Å². The van der Waals surface area contributed by atoms with Crippen LogP contribution >= 0.6 is 0 Å². The van der Waals surface area contributed by atoms with Crippen molar-refractivity contribution in [2.24, 2.45) is 7.05 Å². The first-order valence-electron chi connectivity index (χ1n) is 4.85. The fourth-order valence-electron chi connectivity index (χ4n) is 1.72. The molecule has 1 heterocycles. The van der Waals surface area contributed by atoms with E-state index >= 15 is 0 Å². The van der Waals surface area contributed by atoms with Gasteiger partial charge in [-0.2, -0.15) is 5.26 Å². The van der Waals surface area contributed by atoms with Gasteiger partial charge in [-0.3, -0.25) is 0 Å². The zero-order chi connectivity index (χ0) is 10.8. The number of aromatic nitrogens is 1. The largest absolute Gasteiger partial charge is 0.342 e. The first-order valence-corrected chi connectivity index (χ1v) is 4.85. The molecule has 0 N–H and O–H groups in total. The maximum atomic E-state index is 8.88. The van der Waals surface area contributed by atoms with Crippen molar-refractivity contribution < 1.29 is 0 Å². The SMILES string of the molecule is Cc1ccccc1-c1cc(C#N)n(C)c1. The molecule has 0 saturated heterocycles. The predicted molar refractivity (Wildman–Crippen MR) is 60.3 cm³/mol. The molecule has 0 aliphatic carbocycles. The number of rotatable bonds is 1. The Morgan fingerprint density at radius 1 is 1.27 bits per heavy atom. The summed E-state index contributed by atoms with van der Waals surface area (Å²) in [6, 6.07) is 12.3. The Bertz CT molecular complexity index is 530. The standard InChI is InChI=1S/C13H12N2/c1-10-5-3-4-6-13(10)11-7-12(8-14)15(2)9-11/h3-7,9H,1-2H3. The van der Waals surface area contributed by atoms with Gasteiger partial charge in [-0.25, -0.2) is 0 Å². The van der Waals surface area contributed by atoms with Crippen LogP contribution in [0.5, 0.6) is 0 Å². The maximum absolute atomic E-state index is 8.88. The summed E-state index contributed by atoms with van der Waals surface area (Å²) in [5.41, 5.74) is 4.21. The Hall–Kier alpha value is -2.01. The van der Waals surface area contributed by atoms with Gasteiger partial charge in [-0.15, -0.1) is 0 Å². The molecule has 0 aliphatic heterocycles. The Morgan fingerprint density at radius 2 is 2.00 bits per heavy atom. The van der Waals surface area contributed by atoms with Crippen LogP contribution in [0.1, 0.15) is 11.3 Å². The lowest BCUT2D eigenvalue weighted by Gasteiger charge is -2.01. The molecule has 0 saturated carbocycles. The number of hydrogen-bond donors (Lipinski definition) is 0. The van der Waals surface area contributed by atoms with E-state index in [1.54, 1.807) is 0 Å². The van der Waals surface area contributed by atoms with Gasteiger partial charge in [0.05, 0.1) is 0 Å². The van der Waals surface area contributed by atoms with E-state index in [-0.39, 0.29) is 0 Å². The molecule has 1 aromatic heterocycles. The zero-order valence-corrected chi connectivity index (χ0v) is 8.86. The smallest absolute Gasteiger partial charge is 0.120 e. The second-order valence-corrected chi connectivity index (χ2v) is 3.65. The monoisotopic (exact) mass is 196 g/mol. The lowest BCUT2D eigenvalue weighted by molar-refractivity contribution is 0.909. The summed E-state index contributed by atoms with van der Waals surface area (Å²) in [5.74, 6) is 0. The summed E-state index contributed by atoms with van der Waals surface area (Å²) in [5, 5.41) is 8.88. The van der Waals surface area contributed by atoms with Gasteiger partial charge in [0, 0.05) is 18.8 Å². The van der Waals surface area contributed by atoms with Crippen molar-refractivity contribution >= 4 is 0 Å². The molecule has 74 valence electrons. The van der Waals surface area contributed by atoms with Crippen molar-refractivity contribution in [1.29, 1.82) is 5.26 Å². The normalized spacial score (nSPS) is 9.93. The predicted octanol–water partition coefficient (Wildman–Crippen LogP) is 2.87. The van der Waals surface area contributed by atoms with Crippen molar-refractivity contribution in [3.05, 3.63) is 47.8 Å². The van der Waals surface area contributed by atoms with Gasteiger partial charge in [0.25, 0.3) is 0 Å². The van der Waals surface area contributed by atoms with E-state index in [4.69, 9.17) is 5.26 Å². The maximum Gasteiger partial charge on any atom is 0.120 e. The van der Waals surface area contributed by atoms with Crippen LogP contribution in [0, 0.1) is 18.3 Å². The van der Waals surface area contributed by atoms with Crippen molar-refractivity contribution in [3.8, 4) is 17.2 Å². The van der Waals surface area contributed by atoms with E-state index in [0.717, 1.165) is 5.56 Å². The minimum Gasteiger partial charge on any atom is -0.342 e. The molecule has 0 fully saturated rings. The lowest BCUT2D eigenvalue weighted by Crippen LogP contribution is -1.87. The van der Waals surface area contributed by atoms with Crippen molar-refractivity contribution in [1.82, 2.24) is 4.57 Å². The molecule has 0 bridgehead atoms. The zero-order valence-electron chi connectivity index (χ0n) is 8.86. The summed E-state index contributed by atoms with van der Waals surface area (Å²) >= 11 is 0. The third kappa shape index (κ3) is 1.64. The van der Waals surface area contributed by atoms with E-state index in [2.05, 4.69) is 25.1 Å². The number of nitrogens with zero attached hydrogens (tertiary/aromatic N) is 2. The Labute approximate surface area is 89.4 Å². The highest BCUT2D eigenvalue weighted by molar-refractivity contribution is 5.68. The van der Waals surface area contributed by atoms with Gasteiger partial charge in [0.15, 0.2) is 0 Å². The second-order valence-electron chi connectivity index (χ2n) is 3.65. The fraction of sp³-hybridized carbons (Fsp3) is 0.154. The molecular weight excluding hydrogens is 184 g/mol. The van der Waals surface area contributed by atoms with Crippen LogP contribution < -0.4 is 0 Å². The average Bonchev–Trinajstić information content (AvgIpc) is 2.60. The molecule has 0 atom stereocenters. The molecule has 2 rings (SSSR count). The van der Waals surface area contributed by atoms with Gasteiger partial charge in [-0.05, 0) is 24.1 Å². The Balaban J connectivity index is 2.56. The van der Waals surface area contributed by atoms with Crippen LogP contribution in [-0.4, -0.2) is 4.57 Å². The van der Waals surface area contributed by atoms with Crippen LogP contribution in [-0.2, 0) is 7.05 Å². The van der Waals surface area contributed by atoms with Crippen LogP contribution in [0.25, 0.3) is 11.1 Å². The summed E-state index contributed by atoms with van der Waals surface area (Å²) in [6.07, 6.45) is 1.99. The van der Waals surface area contributed by atoms with E-state index < -0.39 is 0 Å². The molecular formula is C13H12N2. The van der Waals surface area contributed by atoms with Crippen molar-refractivity contribution in [2.45, 2.75) is 6.92 Å². The highest BCUT2D eigenvalue weighted by Crippen LogP contribution is 2.24. The lowest BCUT2D eigenvalue weighted by atomic mass is 10.0. The van der Waals surface area contributed by atoms with Crippen LogP contribution in [0.3, 0.4) is 0 Å². The van der Waals surface area contributed by atoms with E-state index in [0.29, 0.717) is 5.69 Å². The molecule has 0 aliphatic rings. The van der Waals surface area contributed by atoms with E-state index in [9.17, 15) is 0 Å². The molecule has 0 radical (unpaired) electrons. The summed E-state index contributed by atoms with van der Waals surface area (Å²) < 4.78 is 1.85. The highest BCUT2D eigenvalue weighted by atomic mass is 14.9. The molecule has 0 amide bonds. The average molecular weight is 196 g/mol. The number of nitriles is 1. The first kappa shape index (κ1) is 9.54. The van der Waals surface area contributed by atoms with E-state index in [1.807, 2.05) is 36.0 Å². The minimum absolute atomic E-state index is 0.688. The number of aryl methyl sites for hydroxylation is 2. The van der Waals surface area contributed by atoms with Gasteiger partial charge in [0.1, 0.15) is 11.8 Å². The quantitative estimate of drug-likeness (QED) is 0.689. The minimum atomic E-state index is 0.688. The van der Waals surface area contributed by atoms with Gasteiger partial charge >= 0.3 is 0 Å². The van der Waals surface area contributed by atoms with Crippen LogP contribution in [0.15, 0.2) is 36.5 Å². The molecule has 15 heavy (non-hydrogen) atoms. The summed E-state index contributed by atoms with van der Waals surface area (Å²) in [7, 11) is 1.89. The molecule has 0 spiro atoms. The van der Waals surface area contributed by atoms with Gasteiger partial charge in [-0.1, -0.05) is 24.3 Å². The first-order chi connectivity index (χ1) is 7.22. The topological polar surface area (TPSA) is 28.7 Å². The van der Waals surface area contributed by atoms with E-state index in [1.165, 1.54) is 11.1 Å². The Kier molecular flexibility index (Phi) is 2.31. The van der Waals surface area contributed by atoms with Crippen LogP contribution in [0.4, 0.5) is 0 Å². The van der Waals surface area contributed by atoms with Gasteiger partial charge < -0.3 is 4.57 Å². The Morgan fingerprint density at radius 3 is 2.60 bits per heavy atom. The number of benzene rings is 1. The summed E-state index contributed by atoms with van der Waals surface area (Å²) in [4.78, 5) is 0. The molecule has 2 heteroatoms.